The number of nitrogens with one attached hydrogen (secondary N) is 1. The summed E-state index contributed by atoms with van der Waals surface area (Å²) >= 11 is 0. The maximum Gasteiger partial charge on any atom is 0.229 e. The Morgan fingerprint density at radius 3 is 2.25 bits per heavy atom. The Morgan fingerprint density at radius 2 is 1.67 bits per heavy atom. The number of sulfonamides is 1. The number of aromatic nitrogens is 2. The van der Waals surface area contributed by atoms with Gasteiger partial charge in [-0.15, -0.1) is 0 Å². The average molecular weight is 345 g/mol. The van der Waals surface area contributed by atoms with Crippen LogP contribution in [0.25, 0.3) is 16.9 Å². The lowest BCUT2D eigenvalue weighted by Crippen LogP contribution is -2.09. The van der Waals surface area contributed by atoms with Gasteiger partial charge >= 0.3 is 0 Å². The zero-order valence-corrected chi connectivity index (χ0v) is 14.0. The molecule has 0 amide bonds. The Bertz CT molecular complexity index is 962. The van der Waals surface area contributed by atoms with Crippen LogP contribution in [-0.4, -0.2) is 24.5 Å². The second-order valence-corrected chi connectivity index (χ2v) is 7.26. The normalized spacial score (nSPS) is 11.5. The highest BCUT2D eigenvalue weighted by molar-refractivity contribution is 7.92. The van der Waals surface area contributed by atoms with Crippen LogP contribution in [0.3, 0.4) is 0 Å². The first-order valence-electron chi connectivity index (χ1n) is 7.23. The highest BCUT2D eigenvalue weighted by atomic mass is 32.2. The van der Waals surface area contributed by atoms with Gasteiger partial charge in [-0.05, 0) is 61.5 Å². The fourth-order valence-electron chi connectivity index (χ4n) is 2.41. The van der Waals surface area contributed by atoms with Crippen molar-refractivity contribution >= 4 is 15.7 Å². The Balaban J connectivity index is 1.99. The Labute approximate surface area is 139 Å². The fraction of sp³-hybridized carbons (Fsp3) is 0.118. The van der Waals surface area contributed by atoms with Crippen molar-refractivity contribution in [3.05, 3.63) is 66.1 Å². The molecule has 3 aromatic rings. The summed E-state index contributed by atoms with van der Waals surface area (Å²) in [6.45, 7) is 1.88. The molecular weight excluding hydrogens is 329 g/mol. The highest BCUT2D eigenvalue weighted by Gasteiger charge is 2.10. The third-order valence-electron chi connectivity index (χ3n) is 3.39. The Hall–Kier alpha value is -2.67. The van der Waals surface area contributed by atoms with Crippen LogP contribution in [0, 0.1) is 12.7 Å². The minimum Gasteiger partial charge on any atom is -0.284 e. The summed E-state index contributed by atoms with van der Waals surface area (Å²) in [4.78, 5) is 0. The minimum atomic E-state index is -3.31. The largest absolute Gasteiger partial charge is 0.284 e. The third-order valence-corrected chi connectivity index (χ3v) is 3.99. The van der Waals surface area contributed by atoms with Crippen LogP contribution >= 0.6 is 0 Å². The zero-order valence-electron chi connectivity index (χ0n) is 13.2. The van der Waals surface area contributed by atoms with Crippen LogP contribution < -0.4 is 4.72 Å². The molecule has 1 N–H and O–H groups in total. The van der Waals surface area contributed by atoms with E-state index in [4.69, 9.17) is 0 Å². The van der Waals surface area contributed by atoms with Crippen LogP contribution in [0.2, 0.25) is 0 Å². The molecule has 0 radical (unpaired) electrons. The topological polar surface area (TPSA) is 64.0 Å². The molecule has 1 heterocycles. The van der Waals surface area contributed by atoms with Crippen molar-refractivity contribution < 1.29 is 12.8 Å². The maximum absolute atomic E-state index is 13.1. The summed E-state index contributed by atoms with van der Waals surface area (Å²) in [6.07, 6.45) is 1.10. The first kappa shape index (κ1) is 16.2. The van der Waals surface area contributed by atoms with Crippen molar-refractivity contribution in [1.29, 1.82) is 0 Å². The number of aryl methyl sites for hydroxylation is 1. The van der Waals surface area contributed by atoms with Crippen molar-refractivity contribution in [1.82, 2.24) is 9.78 Å². The molecule has 0 aliphatic carbocycles. The van der Waals surface area contributed by atoms with Crippen molar-refractivity contribution in [3.63, 3.8) is 0 Å². The van der Waals surface area contributed by atoms with Crippen molar-refractivity contribution in [2.45, 2.75) is 6.92 Å². The second-order valence-electron chi connectivity index (χ2n) is 5.51. The monoisotopic (exact) mass is 345 g/mol. The van der Waals surface area contributed by atoms with Gasteiger partial charge < -0.3 is 0 Å². The molecular formula is C17H16FN3O2S. The van der Waals surface area contributed by atoms with E-state index in [2.05, 4.69) is 9.82 Å². The average Bonchev–Trinajstić information content (AvgIpc) is 2.89. The minimum absolute atomic E-state index is 0.294. The highest BCUT2D eigenvalue weighted by Crippen LogP contribution is 2.25. The van der Waals surface area contributed by atoms with E-state index in [-0.39, 0.29) is 5.82 Å². The molecule has 0 aliphatic rings. The molecule has 5 nitrogen and oxygen atoms in total. The van der Waals surface area contributed by atoms with Gasteiger partial charge in [0.15, 0.2) is 0 Å². The second kappa shape index (κ2) is 6.09. The molecule has 0 unspecified atom stereocenters. The van der Waals surface area contributed by atoms with Crippen LogP contribution in [0.5, 0.6) is 0 Å². The smallest absolute Gasteiger partial charge is 0.229 e. The quantitative estimate of drug-likeness (QED) is 0.789. The van der Waals surface area contributed by atoms with E-state index < -0.39 is 10.0 Å². The number of benzene rings is 2. The molecule has 24 heavy (non-hydrogen) atoms. The fourth-order valence-corrected chi connectivity index (χ4v) is 2.97. The lowest BCUT2D eigenvalue weighted by molar-refractivity contribution is 0.607. The molecule has 0 spiro atoms. The zero-order chi connectivity index (χ0) is 17.3. The Kier molecular flexibility index (Phi) is 4.11. The van der Waals surface area contributed by atoms with Gasteiger partial charge in [-0.1, -0.05) is 0 Å². The van der Waals surface area contributed by atoms with Gasteiger partial charge in [-0.3, -0.25) is 4.72 Å². The van der Waals surface area contributed by atoms with Gasteiger partial charge in [0.05, 0.1) is 23.3 Å². The predicted molar refractivity (Wildman–Crippen MR) is 92.2 cm³/mol. The number of nitrogens with zero attached hydrogens (tertiary/aromatic N) is 2. The molecule has 124 valence electrons. The molecule has 0 saturated heterocycles. The van der Waals surface area contributed by atoms with E-state index in [9.17, 15) is 12.8 Å². The number of rotatable bonds is 4. The van der Waals surface area contributed by atoms with Gasteiger partial charge in [-0.25, -0.2) is 17.5 Å². The standard InChI is InChI=1S/C17H16FN3O2S/c1-12-11-17(13-3-5-14(18)6-4-13)21(19-12)16-9-7-15(8-10-16)20-24(2,22)23/h3-11,20H,1-2H3. The number of hydrogen-bond acceptors (Lipinski definition) is 3. The molecule has 0 saturated carbocycles. The van der Waals surface area contributed by atoms with E-state index in [1.807, 2.05) is 13.0 Å². The maximum atomic E-state index is 13.1. The van der Waals surface area contributed by atoms with Crippen LogP contribution in [0.1, 0.15) is 5.69 Å². The molecule has 0 bridgehead atoms. The van der Waals surface area contributed by atoms with Gasteiger partial charge in [0.25, 0.3) is 0 Å². The molecule has 7 heteroatoms. The Morgan fingerprint density at radius 1 is 1.04 bits per heavy atom. The third kappa shape index (κ3) is 3.62. The predicted octanol–water partition coefficient (Wildman–Crippen LogP) is 3.36. The first-order valence-corrected chi connectivity index (χ1v) is 9.12. The molecule has 0 fully saturated rings. The number of halogens is 1. The molecule has 1 aromatic heterocycles. The summed E-state index contributed by atoms with van der Waals surface area (Å²) in [5.41, 5.74) is 3.76. The van der Waals surface area contributed by atoms with Crippen molar-refractivity contribution in [2.24, 2.45) is 0 Å². The van der Waals surface area contributed by atoms with Gasteiger partial charge in [0, 0.05) is 11.3 Å². The molecule has 0 atom stereocenters. The van der Waals surface area contributed by atoms with Crippen molar-refractivity contribution in [2.75, 3.05) is 11.0 Å². The summed E-state index contributed by atoms with van der Waals surface area (Å²) < 4.78 is 39.8. The summed E-state index contributed by atoms with van der Waals surface area (Å²) in [5.74, 6) is -0.294. The van der Waals surface area contributed by atoms with E-state index >= 15 is 0 Å². The van der Waals surface area contributed by atoms with Crippen LogP contribution in [0.4, 0.5) is 10.1 Å². The lowest BCUT2D eigenvalue weighted by atomic mass is 10.1. The van der Waals surface area contributed by atoms with E-state index in [1.54, 1.807) is 41.1 Å². The van der Waals surface area contributed by atoms with Crippen LogP contribution in [0.15, 0.2) is 54.6 Å². The SMILES string of the molecule is Cc1cc(-c2ccc(F)cc2)n(-c2ccc(NS(C)(=O)=O)cc2)n1. The summed E-state index contributed by atoms with van der Waals surface area (Å²) in [5, 5.41) is 4.47. The lowest BCUT2D eigenvalue weighted by Gasteiger charge is -2.09. The van der Waals surface area contributed by atoms with E-state index in [0.29, 0.717) is 5.69 Å². The number of hydrogen-bond donors (Lipinski definition) is 1. The number of anilines is 1. The van der Waals surface area contributed by atoms with Gasteiger partial charge in [-0.2, -0.15) is 5.10 Å². The molecule has 3 rings (SSSR count). The van der Waals surface area contributed by atoms with E-state index in [0.717, 1.165) is 28.9 Å². The summed E-state index contributed by atoms with van der Waals surface area (Å²) in [7, 11) is -3.31. The van der Waals surface area contributed by atoms with Crippen LogP contribution in [-0.2, 0) is 10.0 Å². The van der Waals surface area contributed by atoms with E-state index in [1.165, 1.54) is 12.1 Å². The first-order chi connectivity index (χ1) is 11.3. The summed E-state index contributed by atoms with van der Waals surface area (Å²) in [6, 6.07) is 15.0. The molecule has 0 aliphatic heterocycles. The van der Waals surface area contributed by atoms with Crippen molar-refractivity contribution in [3.8, 4) is 16.9 Å². The van der Waals surface area contributed by atoms with Gasteiger partial charge in [0.1, 0.15) is 5.82 Å². The molecule has 2 aromatic carbocycles. The van der Waals surface area contributed by atoms with Gasteiger partial charge in [0.2, 0.25) is 10.0 Å².